The number of nitrogens with one attached hydrogen (secondary N) is 2. The number of sulfonamides is 1. The van der Waals surface area contributed by atoms with E-state index in [-0.39, 0.29) is 35.0 Å². The molecule has 1 aromatic heterocycles. The summed E-state index contributed by atoms with van der Waals surface area (Å²) in [6.45, 7) is 0.938. The maximum Gasteiger partial charge on any atom is 0.253 e. The quantitative estimate of drug-likeness (QED) is 0.393. The molecule has 1 aliphatic carbocycles. The van der Waals surface area contributed by atoms with Crippen molar-refractivity contribution in [2.45, 2.75) is 25.3 Å². The maximum atomic E-state index is 14.1. The molecule has 1 saturated carbocycles. The molecule has 1 unspecified atom stereocenters. The Balaban J connectivity index is 1.52. The summed E-state index contributed by atoms with van der Waals surface area (Å²) in [6.07, 6.45) is 3.97. The number of benzene rings is 1. The highest BCUT2D eigenvalue weighted by molar-refractivity contribution is 9.10. The second-order valence-electron chi connectivity index (χ2n) is 8.33. The van der Waals surface area contributed by atoms with Crippen molar-refractivity contribution in [3.05, 3.63) is 40.2 Å². The normalized spacial score (nSPS) is 19.9. The van der Waals surface area contributed by atoms with Gasteiger partial charge in [-0.3, -0.25) is 4.79 Å². The van der Waals surface area contributed by atoms with Crippen LogP contribution in [0.5, 0.6) is 0 Å². The molecule has 2 heterocycles. The molecule has 2 aromatic rings. The summed E-state index contributed by atoms with van der Waals surface area (Å²) in [5.74, 6) is -1.02. The van der Waals surface area contributed by atoms with Crippen molar-refractivity contribution in [3.8, 4) is 0 Å². The number of halogens is 2. The Labute approximate surface area is 199 Å². The van der Waals surface area contributed by atoms with Crippen LogP contribution in [-0.2, 0) is 10.0 Å². The third-order valence-corrected chi connectivity index (χ3v) is 8.55. The van der Waals surface area contributed by atoms with Crippen LogP contribution in [0.2, 0.25) is 0 Å². The Morgan fingerprint density at radius 3 is 2.79 bits per heavy atom. The molecule has 10 nitrogen and oxygen atoms in total. The summed E-state index contributed by atoms with van der Waals surface area (Å²) in [6, 6.07) is 4.15. The van der Waals surface area contributed by atoms with Gasteiger partial charge in [0.2, 0.25) is 16.0 Å². The van der Waals surface area contributed by atoms with Gasteiger partial charge in [0.15, 0.2) is 0 Å². The van der Waals surface area contributed by atoms with Crippen LogP contribution >= 0.6 is 15.9 Å². The van der Waals surface area contributed by atoms with E-state index in [1.807, 2.05) is 0 Å². The van der Waals surface area contributed by atoms with Crippen molar-refractivity contribution in [1.82, 2.24) is 14.3 Å². The topological polar surface area (TPSA) is 156 Å². The molecule has 13 heteroatoms. The largest absolute Gasteiger partial charge is 0.365 e. The lowest BCUT2D eigenvalue weighted by atomic mass is 9.90. The fraction of sp³-hybridized carbons (Fsp3) is 0.450. The van der Waals surface area contributed by atoms with Gasteiger partial charge in [0.25, 0.3) is 5.91 Å². The summed E-state index contributed by atoms with van der Waals surface area (Å²) < 4.78 is 41.0. The van der Waals surface area contributed by atoms with E-state index in [0.29, 0.717) is 35.7 Å². The van der Waals surface area contributed by atoms with E-state index in [1.54, 1.807) is 6.20 Å². The molecule has 4 rings (SSSR count). The van der Waals surface area contributed by atoms with E-state index in [4.69, 9.17) is 11.5 Å². The summed E-state index contributed by atoms with van der Waals surface area (Å²) >= 11 is 3.36. The first kappa shape index (κ1) is 23.8. The number of anilines is 3. The highest BCUT2D eigenvalue weighted by atomic mass is 79.9. The van der Waals surface area contributed by atoms with E-state index in [9.17, 15) is 17.6 Å². The molecule has 0 bridgehead atoms. The zero-order chi connectivity index (χ0) is 23.8. The van der Waals surface area contributed by atoms with Crippen LogP contribution in [0.1, 0.15) is 29.6 Å². The third kappa shape index (κ3) is 4.95. The Morgan fingerprint density at radius 2 is 2.12 bits per heavy atom. The van der Waals surface area contributed by atoms with Crippen molar-refractivity contribution in [2.24, 2.45) is 16.9 Å². The summed E-state index contributed by atoms with van der Waals surface area (Å²) in [5, 5.41) is 6.28. The van der Waals surface area contributed by atoms with Crippen LogP contribution in [0, 0.1) is 11.2 Å². The Bertz CT molecular complexity index is 1180. The van der Waals surface area contributed by atoms with Crippen LogP contribution in [0.15, 0.2) is 28.9 Å². The van der Waals surface area contributed by atoms with Gasteiger partial charge >= 0.3 is 0 Å². The second kappa shape index (κ2) is 9.12. The van der Waals surface area contributed by atoms with Crippen LogP contribution < -0.4 is 22.1 Å². The van der Waals surface area contributed by atoms with E-state index in [1.165, 1.54) is 16.4 Å². The number of hydrogen-bond donors (Lipinski definition) is 4. The van der Waals surface area contributed by atoms with Crippen molar-refractivity contribution in [1.29, 1.82) is 0 Å². The molecule has 6 N–H and O–H groups in total. The molecular weight excluding hydrogens is 517 g/mol. The predicted octanol–water partition coefficient (Wildman–Crippen LogP) is 1.78. The van der Waals surface area contributed by atoms with Crippen LogP contribution in [-0.4, -0.2) is 60.0 Å². The van der Waals surface area contributed by atoms with Gasteiger partial charge in [0, 0.05) is 37.3 Å². The number of primary amides is 1. The molecule has 1 amide bonds. The number of nitrogens with two attached hydrogens (primary N) is 2. The Kier molecular flexibility index (Phi) is 6.58. The van der Waals surface area contributed by atoms with Gasteiger partial charge in [-0.2, -0.15) is 4.98 Å². The molecule has 1 aliphatic heterocycles. The van der Waals surface area contributed by atoms with E-state index < -0.39 is 21.7 Å². The molecule has 1 aromatic carbocycles. The molecule has 2 aliphatic rings. The van der Waals surface area contributed by atoms with Gasteiger partial charge in [-0.25, -0.2) is 22.1 Å². The van der Waals surface area contributed by atoms with E-state index in [2.05, 4.69) is 36.5 Å². The van der Waals surface area contributed by atoms with Gasteiger partial charge in [0.1, 0.15) is 11.6 Å². The number of hydrogen-bond acceptors (Lipinski definition) is 8. The van der Waals surface area contributed by atoms with Gasteiger partial charge in [-0.1, -0.05) is 6.07 Å². The molecular formula is C20H25BrFN7O3S. The lowest BCUT2D eigenvalue weighted by Crippen LogP contribution is -2.51. The van der Waals surface area contributed by atoms with Crippen molar-refractivity contribution < 1.29 is 17.6 Å². The summed E-state index contributed by atoms with van der Waals surface area (Å²) in [7, 11) is -3.36. The lowest BCUT2D eigenvalue weighted by Gasteiger charge is -2.38. The number of amides is 1. The van der Waals surface area contributed by atoms with E-state index >= 15 is 0 Å². The number of carbonyl (C=O) groups is 1. The molecule has 1 atom stereocenters. The first-order valence-corrected chi connectivity index (χ1v) is 12.9. The van der Waals surface area contributed by atoms with Crippen molar-refractivity contribution in [3.63, 3.8) is 0 Å². The first-order chi connectivity index (χ1) is 15.6. The van der Waals surface area contributed by atoms with Crippen LogP contribution in [0.25, 0.3) is 0 Å². The molecule has 1 saturated heterocycles. The SMILES string of the molecule is NCCS(=O)(=O)N1CCC(Nc2ncc(Br)c(Nc3cccc(F)c3C(N)=O)n2)C2(CC2)C1. The van der Waals surface area contributed by atoms with Gasteiger partial charge in [-0.15, -0.1) is 0 Å². The Morgan fingerprint density at radius 1 is 1.36 bits per heavy atom. The van der Waals surface area contributed by atoms with Gasteiger partial charge in [-0.05, 0) is 47.3 Å². The van der Waals surface area contributed by atoms with E-state index in [0.717, 1.165) is 18.9 Å². The molecule has 2 fully saturated rings. The van der Waals surface area contributed by atoms with Crippen LogP contribution in [0.4, 0.5) is 21.8 Å². The smallest absolute Gasteiger partial charge is 0.253 e. The summed E-state index contributed by atoms with van der Waals surface area (Å²) in [4.78, 5) is 20.5. The Hall–Kier alpha value is -2.35. The maximum absolute atomic E-state index is 14.1. The van der Waals surface area contributed by atoms with Gasteiger partial charge in [0.05, 0.1) is 21.5 Å². The zero-order valence-electron chi connectivity index (χ0n) is 17.7. The molecule has 1 spiro atoms. The molecule has 178 valence electrons. The van der Waals surface area contributed by atoms with Crippen LogP contribution in [0.3, 0.4) is 0 Å². The number of rotatable bonds is 8. The third-order valence-electron chi connectivity index (χ3n) is 6.12. The zero-order valence-corrected chi connectivity index (χ0v) is 20.1. The monoisotopic (exact) mass is 541 g/mol. The highest BCUT2D eigenvalue weighted by Gasteiger charge is 2.54. The number of piperidine rings is 1. The average molecular weight is 542 g/mol. The average Bonchev–Trinajstić information content (AvgIpc) is 3.51. The minimum atomic E-state index is -3.36. The van der Waals surface area contributed by atoms with Crippen molar-refractivity contribution >= 4 is 49.3 Å². The fourth-order valence-corrected chi connectivity index (χ4v) is 5.90. The molecule has 0 radical (unpaired) electrons. The number of nitrogens with zero attached hydrogens (tertiary/aromatic N) is 3. The van der Waals surface area contributed by atoms with Gasteiger partial charge < -0.3 is 22.1 Å². The second-order valence-corrected chi connectivity index (χ2v) is 11.3. The summed E-state index contributed by atoms with van der Waals surface area (Å²) in [5.41, 5.74) is 10.5. The number of carbonyl (C=O) groups excluding carboxylic acids is 1. The first-order valence-electron chi connectivity index (χ1n) is 10.5. The minimum Gasteiger partial charge on any atom is -0.365 e. The minimum absolute atomic E-state index is 0.00574. The molecule has 33 heavy (non-hydrogen) atoms. The predicted molar refractivity (Wildman–Crippen MR) is 126 cm³/mol. The fourth-order valence-electron chi connectivity index (χ4n) is 4.21. The van der Waals surface area contributed by atoms with Crippen molar-refractivity contribution in [2.75, 3.05) is 36.0 Å². The lowest BCUT2D eigenvalue weighted by molar-refractivity contribution is 0.0997. The standard InChI is InChI=1S/C20H25BrFN7O3S/c21-12-10-25-19(28-18(12)26-14-3-1-2-13(22)16(14)17(24)30)27-15-4-8-29(11-20(15)5-6-20)33(31,32)9-7-23/h1-3,10,15H,4-9,11,23H2,(H2,24,30)(H2,25,26,27,28). The highest BCUT2D eigenvalue weighted by Crippen LogP contribution is 2.53. The number of aromatic nitrogens is 2.